The molecule has 0 atom stereocenters. The van der Waals surface area contributed by atoms with E-state index in [0.717, 1.165) is 11.2 Å². The predicted molar refractivity (Wildman–Crippen MR) is 75.5 cm³/mol. The minimum absolute atomic E-state index is 0.442. The van der Waals surface area contributed by atoms with E-state index in [9.17, 15) is 0 Å². The van der Waals surface area contributed by atoms with Gasteiger partial charge in [-0.3, -0.25) is 0 Å². The van der Waals surface area contributed by atoms with Gasteiger partial charge in [-0.1, -0.05) is 32.0 Å². The van der Waals surface area contributed by atoms with Crippen molar-refractivity contribution in [2.45, 2.75) is 19.8 Å². The van der Waals surface area contributed by atoms with Crippen LogP contribution in [0.3, 0.4) is 0 Å². The Kier molecular flexibility index (Phi) is 2.87. The quantitative estimate of drug-likeness (QED) is 0.752. The van der Waals surface area contributed by atoms with Crippen LogP contribution in [0.25, 0.3) is 11.2 Å². The highest BCUT2D eigenvalue weighted by Gasteiger charge is 2.08. The van der Waals surface area contributed by atoms with E-state index < -0.39 is 0 Å². The molecule has 2 heterocycles. The van der Waals surface area contributed by atoms with Gasteiger partial charge in [-0.2, -0.15) is 4.98 Å². The van der Waals surface area contributed by atoms with Crippen molar-refractivity contribution in [3.8, 4) is 0 Å². The maximum atomic E-state index is 4.37. The number of fused-ring (bicyclic) bond motifs is 1. The molecule has 0 spiro atoms. The highest BCUT2D eigenvalue weighted by molar-refractivity contribution is 5.71. The fourth-order valence-electron chi connectivity index (χ4n) is 2.03. The molecule has 5 heteroatoms. The third kappa shape index (κ3) is 2.27. The number of benzene rings is 1. The lowest BCUT2D eigenvalue weighted by Crippen LogP contribution is -2.01. The number of hydrogen-bond donors (Lipinski definition) is 2. The van der Waals surface area contributed by atoms with E-state index in [1.54, 1.807) is 12.5 Å². The summed E-state index contributed by atoms with van der Waals surface area (Å²) in [6.45, 7) is 4.33. The average molecular weight is 253 g/mol. The summed E-state index contributed by atoms with van der Waals surface area (Å²) in [6.07, 6.45) is 3.35. The monoisotopic (exact) mass is 253 g/mol. The van der Waals surface area contributed by atoms with Crippen LogP contribution < -0.4 is 5.32 Å². The first-order valence-corrected chi connectivity index (χ1v) is 6.26. The van der Waals surface area contributed by atoms with Crippen molar-refractivity contribution in [1.82, 2.24) is 19.9 Å². The standard InChI is InChI=1S/C14H15N5/c1-9(2)10-5-3-4-6-11(10)18-14-15-7-12-13(19-14)17-8-16-12/h3-9H,1-2H3,(H2,15,16,17,18,19). The highest BCUT2D eigenvalue weighted by Crippen LogP contribution is 2.25. The van der Waals surface area contributed by atoms with Gasteiger partial charge in [0.05, 0.1) is 12.5 Å². The molecule has 0 fully saturated rings. The Balaban J connectivity index is 1.96. The maximum absolute atomic E-state index is 4.37. The Labute approximate surface area is 111 Å². The molecule has 0 aliphatic rings. The highest BCUT2D eigenvalue weighted by atomic mass is 15.1. The maximum Gasteiger partial charge on any atom is 0.229 e. The Morgan fingerprint density at radius 1 is 1.16 bits per heavy atom. The summed E-state index contributed by atoms with van der Waals surface area (Å²) in [4.78, 5) is 15.8. The van der Waals surface area contributed by atoms with Gasteiger partial charge >= 0.3 is 0 Å². The Hall–Kier alpha value is -2.43. The molecule has 0 radical (unpaired) electrons. The number of aromatic nitrogens is 4. The van der Waals surface area contributed by atoms with Crippen LogP contribution in [-0.4, -0.2) is 19.9 Å². The Bertz CT molecular complexity index is 702. The average Bonchev–Trinajstić information content (AvgIpc) is 2.86. The molecule has 2 aromatic heterocycles. The number of aromatic amines is 1. The van der Waals surface area contributed by atoms with Gasteiger partial charge in [-0.25, -0.2) is 9.97 Å². The normalized spacial score (nSPS) is 11.1. The van der Waals surface area contributed by atoms with Crippen molar-refractivity contribution in [3.63, 3.8) is 0 Å². The van der Waals surface area contributed by atoms with Crippen LogP contribution in [0.4, 0.5) is 11.6 Å². The lowest BCUT2D eigenvalue weighted by atomic mass is 10.0. The van der Waals surface area contributed by atoms with Gasteiger partial charge < -0.3 is 10.3 Å². The fourth-order valence-corrected chi connectivity index (χ4v) is 2.03. The van der Waals surface area contributed by atoms with E-state index in [4.69, 9.17) is 0 Å². The van der Waals surface area contributed by atoms with Gasteiger partial charge in [0.25, 0.3) is 0 Å². The van der Waals surface area contributed by atoms with Crippen LogP contribution in [-0.2, 0) is 0 Å². The molecule has 0 aliphatic carbocycles. The number of hydrogen-bond acceptors (Lipinski definition) is 4. The molecule has 0 saturated heterocycles. The summed E-state index contributed by atoms with van der Waals surface area (Å²) in [6, 6.07) is 8.19. The zero-order valence-corrected chi connectivity index (χ0v) is 10.9. The van der Waals surface area contributed by atoms with Crippen LogP contribution in [0.5, 0.6) is 0 Å². The summed E-state index contributed by atoms with van der Waals surface area (Å²) in [5.74, 6) is 1.01. The van der Waals surface area contributed by atoms with E-state index in [-0.39, 0.29) is 0 Å². The zero-order valence-electron chi connectivity index (χ0n) is 10.9. The van der Waals surface area contributed by atoms with E-state index in [1.807, 2.05) is 18.2 Å². The number of H-pyrrole nitrogens is 1. The molecule has 0 bridgehead atoms. The summed E-state index contributed by atoms with van der Waals surface area (Å²) in [5, 5.41) is 3.26. The second-order valence-electron chi connectivity index (χ2n) is 4.70. The Morgan fingerprint density at radius 2 is 2.00 bits per heavy atom. The number of rotatable bonds is 3. The summed E-state index contributed by atoms with van der Waals surface area (Å²) in [7, 11) is 0. The van der Waals surface area contributed by atoms with Gasteiger partial charge in [0.1, 0.15) is 5.52 Å². The SMILES string of the molecule is CC(C)c1ccccc1Nc1ncc2[nH]cnc2n1. The number of nitrogens with zero attached hydrogens (tertiary/aromatic N) is 3. The second kappa shape index (κ2) is 4.68. The second-order valence-corrected chi connectivity index (χ2v) is 4.70. The number of imidazole rings is 1. The lowest BCUT2D eigenvalue weighted by molar-refractivity contribution is 0.868. The third-order valence-corrected chi connectivity index (χ3v) is 3.00. The first kappa shape index (κ1) is 11.6. The summed E-state index contributed by atoms with van der Waals surface area (Å²) >= 11 is 0. The molecule has 2 N–H and O–H groups in total. The molecule has 0 unspecified atom stereocenters. The van der Waals surface area contributed by atoms with Crippen molar-refractivity contribution in [3.05, 3.63) is 42.4 Å². The Morgan fingerprint density at radius 3 is 2.84 bits per heavy atom. The largest absolute Gasteiger partial charge is 0.342 e. The minimum Gasteiger partial charge on any atom is -0.342 e. The lowest BCUT2D eigenvalue weighted by Gasteiger charge is -2.13. The number of nitrogens with one attached hydrogen (secondary N) is 2. The van der Waals surface area contributed by atoms with Gasteiger partial charge in [-0.15, -0.1) is 0 Å². The van der Waals surface area contributed by atoms with Crippen LogP contribution in [0.1, 0.15) is 25.3 Å². The van der Waals surface area contributed by atoms with E-state index >= 15 is 0 Å². The van der Waals surface area contributed by atoms with E-state index in [0.29, 0.717) is 17.5 Å². The van der Waals surface area contributed by atoms with Gasteiger partial charge in [0.2, 0.25) is 5.95 Å². The topological polar surface area (TPSA) is 66.5 Å². The van der Waals surface area contributed by atoms with Crippen molar-refractivity contribution >= 4 is 22.8 Å². The molecule has 0 aliphatic heterocycles. The molecule has 5 nitrogen and oxygen atoms in total. The van der Waals surface area contributed by atoms with E-state index in [1.165, 1.54) is 5.56 Å². The van der Waals surface area contributed by atoms with Crippen molar-refractivity contribution in [2.24, 2.45) is 0 Å². The minimum atomic E-state index is 0.442. The van der Waals surface area contributed by atoms with Crippen molar-refractivity contribution in [2.75, 3.05) is 5.32 Å². The molecule has 19 heavy (non-hydrogen) atoms. The van der Waals surface area contributed by atoms with Crippen LogP contribution in [0.2, 0.25) is 0 Å². The fraction of sp³-hybridized carbons (Fsp3) is 0.214. The van der Waals surface area contributed by atoms with Crippen LogP contribution in [0.15, 0.2) is 36.8 Å². The van der Waals surface area contributed by atoms with Crippen LogP contribution in [0, 0.1) is 0 Å². The molecule has 96 valence electrons. The van der Waals surface area contributed by atoms with Gasteiger partial charge in [0.15, 0.2) is 5.65 Å². The first-order chi connectivity index (χ1) is 9.24. The molecule has 3 rings (SSSR count). The first-order valence-electron chi connectivity index (χ1n) is 6.26. The van der Waals surface area contributed by atoms with Crippen molar-refractivity contribution in [1.29, 1.82) is 0 Å². The van der Waals surface area contributed by atoms with Gasteiger partial charge in [-0.05, 0) is 17.5 Å². The van der Waals surface area contributed by atoms with Crippen molar-refractivity contribution < 1.29 is 0 Å². The molecule has 0 saturated carbocycles. The molecule has 0 amide bonds. The summed E-state index contributed by atoms with van der Waals surface area (Å²) < 4.78 is 0. The predicted octanol–water partition coefficient (Wildman–Crippen LogP) is 3.22. The number of para-hydroxylation sites is 1. The van der Waals surface area contributed by atoms with Crippen LogP contribution >= 0.6 is 0 Å². The smallest absolute Gasteiger partial charge is 0.229 e. The van der Waals surface area contributed by atoms with E-state index in [2.05, 4.69) is 45.2 Å². The zero-order chi connectivity index (χ0) is 13.2. The molecule has 1 aromatic carbocycles. The summed E-state index contributed by atoms with van der Waals surface area (Å²) in [5.41, 5.74) is 3.78. The van der Waals surface area contributed by atoms with Gasteiger partial charge in [0, 0.05) is 5.69 Å². The molecular weight excluding hydrogens is 238 g/mol. The number of anilines is 2. The third-order valence-electron chi connectivity index (χ3n) is 3.00. The molecular formula is C14H15N5. The molecule has 3 aromatic rings.